The van der Waals surface area contributed by atoms with Gasteiger partial charge in [0.15, 0.2) is 0 Å². The van der Waals surface area contributed by atoms with Crippen LogP contribution >= 0.6 is 0 Å². The lowest BCUT2D eigenvalue weighted by molar-refractivity contribution is -0.385. The molecule has 0 atom stereocenters. The average molecular weight is 541 g/mol. The van der Waals surface area contributed by atoms with E-state index in [1.807, 2.05) is 6.07 Å². The highest BCUT2D eigenvalue weighted by molar-refractivity contribution is 7.92. The molecule has 0 fully saturated rings. The zero-order chi connectivity index (χ0) is 27.6. The van der Waals surface area contributed by atoms with Crippen LogP contribution in [0.1, 0.15) is 16.8 Å². The first-order chi connectivity index (χ1) is 18.7. The summed E-state index contributed by atoms with van der Waals surface area (Å²) in [6, 6.07) is 22.3. The Kier molecular flexibility index (Phi) is 6.69. The molecule has 1 aliphatic heterocycles. The molecule has 1 amide bonds. The van der Waals surface area contributed by atoms with E-state index < -0.39 is 20.9 Å². The Balaban J connectivity index is 1.51. The van der Waals surface area contributed by atoms with Crippen LogP contribution in [0.3, 0.4) is 0 Å². The van der Waals surface area contributed by atoms with Gasteiger partial charge in [0.25, 0.3) is 21.6 Å². The number of hydrogen-bond donors (Lipinski definition) is 1. The van der Waals surface area contributed by atoms with Crippen molar-refractivity contribution in [3.8, 4) is 0 Å². The van der Waals surface area contributed by atoms with Gasteiger partial charge in [-0.3, -0.25) is 19.8 Å². The Labute approximate surface area is 223 Å². The molecule has 0 bridgehead atoms. The third-order valence-corrected chi connectivity index (χ3v) is 7.09. The number of sulfonamides is 1. The topological polar surface area (TPSA) is 148 Å². The van der Waals surface area contributed by atoms with E-state index in [9.17, 15) is 23.3 Å². The molecule has 12 heteroatoms. The molecule has 1 N–H and O–H groups in total. The van der Waals surface area contributed by atoms with Crippen LogP contribution < -0.4 is 9.62 Å². The Hall–Kier alpha value is -5.23. The summed E-state index contributed by atoms with van der Waals surface area (Å²) in [5.41, 5.74) is 1.66. The van der Waals surface area contributed by atoms with E-state index >= 15 is 0 Å². The standard InChI is InChI=1S/C27H20N6O5S/c1-18-15-16-28-27(29-18)31-39(37,38)22-13-11-21(12-14-22)32-25(19-7-3-2-4-8-19)30-23(26(32)34)17-20-9-5-6-10-24(20)33(35)36/h2-17H,1H3,(H,28,29,31)/b23-17+. The molecule has 4 aromatic rings. The van der Waals surface area contributed by atoms with Gasteiger partial charge in [-0.25, -0.2) is 28.1 Å². The Morgan fingerprint density at radius 1 is 0.949 bits per heavy atom. The van der Waals surface area contributed by atoms with Crippen LogP contribution in [0.5, 0.6) is 0 Å². The minimum absolute atomic E-state index is 0.00175. The lowest BCUT2D eigenvalue weighted by atomic mass is 10.1. The number of amidine groups is 1. The van der Waals surface area contributed by atoms with Gasteiger partial charge in [0.1, 0.15) is 11.5 Å². The van der Waals surface area contributed by atoms with Crippen molar-refractivity contribution in [3.63, 3.8) is 0 Å². The second-order valence-corrected chi connectivity index (χ2v) is 10.1. The van der Waals surface area contributed by atoms with Gasteiger partial charge in [-0.15, -0.1) is 0 Å². The molecule has 0 saturated carbocycles. The second kappa shape index (κ2) is 10.3. The predicted octanol–water partition coefficient (Wildman–Crippen LogP) is 4.33. The number of rotatable bonds is 7. The number of amides is 1. The number of anilines is 2. The number of para-hydroxylation sites is 1. The van der Waals surface area contributed by atoms with Gasteiger partial charge in [0.2, 0.25) is 5.95 Å². The molecular formula is C27H20N6O5S. The van der Waals surface area contributed by atoms with E-state index in [0.717, 1.165) is 0 Å². The number of hydrogen-bond acceptors (Lipinski definition) is 8. The first-order valence-corrected chi connectivity index (χ1v) is 13.1. The predicted molar refractivity (Wildman–Crippen MR) is 146 cm³/mol. The highest BCUT2D eigenvalue weighted by atomic mass is 32.2. The molecule has 5 rings (SSSR count). The van der Waals surface area contributed by atoms with Crippen LogP contribution in [0.25, 0.3) is 6.08 Å². The van der Waals surface area contributed by atoms with Crippen molar-refractivity contribution >= 4 is 45.2 Å². The highest BCUT2D eigenvalue weighted by Crippen LogP contribution is 2.30. The number of carbonyl (C=O) groups excluding carboxylic acids is 1. The van der Waals surface area contributed by atoms with Crippen molar-refractivity contribution in [1.29, 1.82) is 0 Å². The van der Waals surface area contributed by atoms with Crippen molar-refractivity contribution in [2.45, 2.75) is 11.8 Å². The number of aryl methyl sites for hydroxylation is 1. The number of carbonyl (C=O) groups is 1. The molecule has 1 aromatic heterocycles. The molecular weight excluding hydrogens is 520 g/mol. The first kappa shape index (κ1) is 25.4. The fourth-order valence-corrected chi connectivity index (χ4v) is 4.86. The van der Waals surface area contributed by atoms with Crippen molar-refractivity contribution in [2.24, 2.45) is 4.99 Å². The number of benzene rings is 3. The SMILES string of the molecule is Cc1ccnc(NS(=O)(=O)c2ccc(N3C(=O)/C(=C\c4ccccc4[N+](=O)[O-])N=C3c3ccccc3)cc2)n1. The molecule has 0 aliphatic carbocycles. The molecule has 0 spiro atoms. The van der Waals surface area contributed by atoms with Crippen LogP contribution in [-0.4, -0.2) is 35.1 Å². The van der Waals surface area contributed by atoms with Crippen molar-refractivity contribution in [1.82, 2.24) is 9.97 Å². The van der Waals surface area contributed by atoms with Gasteiger partial charge >= 0.3 is 0 Å². The van der Waals surface area contributed by atoms with Gasteiger partial charge in [-0.1, -0.05) is 42.5 Å². The molecule has 1 aliphatic rings. The van der Waals surface area contributed by atoms with E-state index in [1.54, 1.807) is 43.3 Å². The maximum Gasteiger partial charge on any atom is 0.282 e. The van der Waals surface area contributed by atoms with Gasteiger partial charge in [-0.05, 0) is 49.4 Å². The van der Waals surface area contributed by atoms with Crippen molar-refractivity contribution in [2.75, 3.05) is 9.62 Å². The van der Waals surface area contributed by atoms with Gasteiger partial charge in [-0.2, -0.15) is 0 Å². The second-order valence-electron chi connectivity index (χ2n) is 8.41. The summed E-state index contributed by atoms with van der Waals surface area (Å²) in [7, 11) is -4.00. The van der Waals surface area contributed by atoms with Crippen molar-refractivity contribution in [3.05, 3.63) is 124 Å². The molecule has 0 unspecified atom stereocenters. The van der Waals surface area contributed by atoms with Crippen molar-refractivity contribution < 1.29 is 18.1 Å². The Bertz CT molecular complexity index is 1750. The van der Waals surface area contributed by atoms with Crippen LogP contribution in [0.2, 0.25) is 0 Å². The summed E-state index contributed by atoms with van der Waals surface area (Å²) < 4.78 is 28.1. The quantitative estimate of drug-likeness (QED) is 0.208. The zero-order valence-electron chi connectivity index (χ0n) is 20.4. The highest BCUT2D eigenvalue weighted by Gasteiger charge is 2.33. The Morgan fingerprint density at radius 3 is 2.33 bits per heavy atom. The van der Waals surface area contributed by atoms with E-state index in [0.29, 0.717) is 22.8 Å². The summed E-state index contributed by atoms with van der Waals surface area (Å²) in [6.07, 6.45) is 2.82. The molecule has 0 radical (unpaired) electrons. The molecule has 2 heterocycles. The largest absolute Gasteiger partial charge is 0.282 e. The Morgan fingerprint density at radius 2 is 1.64 bits per heavy atom. The van der Waals surface area contributed by atoms with Crippen LogP contribution in [0.15, 0.2) is 107 Å². The lowest BCUT2D eigenvalue weighted by Gasteiger charge is -2.19. The number of aromatic nitrogens is 2. The first-order valence-electron chi connectivity index (χ1n) is 11.6. The summed E-state index contributed by atoms with van der Waals surface area (Å²) in [4.78, 5) is 38.3. The molecule has 39 heavy (non-hydrogen) atoms. The minimum Gasteiger partial charge on any atom is -0.266 e. The summed E-state index contributed by atoms with van der Waals surface area (Å²) in [5.74, 6) is -0.279. The van der Waals surface area contributed by atoms with Crippen LogP contribution in [0, 0.1) is 17.0 Å². The molecule has 11 nitrogen and oxygen atoms in total. The van der Waals surface area contributed by atoms with E-state index in [-0.39, 0.29) is 27.8 Å². The smallest absolute Gasteiger partial charge is 0.266 e. The van der Waals surface area contributed by atoms with Gasteiger partial charge < -0.3 is 0 Å². The maximum absolute atomic E-state index is 13.6. The summed E-state index contributed by atoms with van der Waals surface area (Å²) >= 11 is 0. The van der Waals surface area contributed by atoms with Gasteiger partial charge in [0.05, 0.1) is 21.1 Å². The molecule has 194 valence electrons. The third-order valence-electron chi connectivity index (χ3n) is 5.74. The van der Waals surface area contributed by atoms with E-state index in [1.165, 1.54) is 59.6 Å². The fourth-order valence-electron chi connectivity index (χ4n) is 3.91. The molecule has 0 saturated heterocycles. The number of nitrogens with one attached hydrogen (secondary N) is 1. The lowest BCUT2D eigenvalue weighted by Crippen LogP contribution is -2.32. The van der Waals surface area contributed by atoms with Crippen LogP contribution in [-0.2, 0) is 14.8 Å². The molecule has 3 aromatic carbocycles. The average Bonchev–Trinajstić information content (AvgIpc) is 3.25. The third kappa shape index (κ3) is 5.26. The van der Waals surface area contributed by atoms with Gasteiger partial charge in [0, 0.05) is 23.5 Å². The number of nitrogens with zero attached hydrogens (tertiary/aromatic N) is 5. The fraction of sp³-hybridized carbons (Fsp3) is 0.0370. The number of aliphatic imine (C=N–C) groups is 1. The number of nitro benzene ring substituents is 1. The number of nitro groups is 1. The van der Waals surface area contributed by atoms with E-state index in [2.05, 4.69) is 19.7 Å². The van der Waals surface area contributed by atoms with E-state index in [4.69, 9.17) is 0 Å². The summed E-state index contributed by atoms with van der Waals surface area (Å²) in [6.45, 7) is 1.71. The maximum atomic E-state index is 13.6. The summed E-state index contributed by atoms with van der Waals surface area (Å²) in [5, 5.41) is 11.5. The zero-order valence-corrected chi connectivity index (χ0v) is 21.2. The monoisotopic (exact) mass is 540 g/mol. The normalized spacial score (nSPS) is 14.4. The van der Waals surface area contributed by atoms with Crippen LogP contribution in [0.4, 0.5) is 17.3 Å². The minimum atomic E-state index is -4.00.